The molecule has 0 bridgehead atoms. The van der Waals surface area contributed by atoms with E-state index in [1.54, 1.807) is 0 Å². The predicted octanol–water partition coefficient (Wildman–Crippen LogP) is 2.64. The smallest absolute Gasteiger partial charge is 0.135 e. The minimum atomic E-state index is -0.446. The van der Waals surface area contributed by atoms with Crippen LogP contribution in [-0.4, -0.2) is 20.6 Å². The van der Waals surface area contributed by atoms with Crippen molar-refractivity contribution >= 4 is 23.8 Å². The van der Waals surface area contributed by atoms with E-state index in [1.807, 2.05) is 0 Å². The molecule has 1 N–H and O–H groups in total. The van der Waals surface area contributed by atoms with Crippen molar-refractivity contribution in [3.63, 3.8) is 0 Å². The second-order valence-electron chi connectivity index (χ2n) is 4.91. The summed E-state index contributed by atoms with van der Waals surface area (Å²) < 4.78 is 0. The molecule has 4 nitrogen and oxygen atoms in total. The number of benzene rings is 3. The van der Waals surface area contributed by atoms with E-state index in [9.17, 15) is 0 Å². The van der Waals surface area contributed by atoms with Crippen LogP contribution in [0.25, 0.3) is 0 Å². The van der Waals surface area contributed by atoms with E-state index in [0.29, 0.717) is 0 Å². The van der Waals surface area contributed by atoms with E-state index < -0.39 is 7.92 Å². The van der Waals surface area contributed by atoms with Crippen LogP contribution in [0.4, 0.5) is 0 Å². The number of tetrazole rings is 1. The Morgan fingerprint density at radius 2 is 1.00 bits per heavy atom. The first kappa shape index (κ1) is 16.0. The molecule has 24 heavy (non-hydrogen) atoms. The van der Waals surface area contributed by atoms with Crippen molar-refractivity contribution in [1.29, 1.82) is 0 Å². The monoisotopic (exact) mass is 332 g/mol. The topological polar surface area (TPSA) is 54.5 Å². The molecule has 0 aliphatic heterocycles. The Balaban J connectivity index is 0.000000290. The van der Waals surface area contributed by atoms with Crippen LogP contribution >= 0.6 is 7.92 Å². The van der Waals surface area contributed by atoms with Crippen LogP contribution in [0.1, 0.15) is 0 Å². The van der Waals surface area contributed by atoms with Gasteiger partial charge in [-0.2, -0.15) is 0 Å². The molecule has 4 aromatic rings. The Kier molecular flexibility index (Phi) is 5.81. The molecule has 0 aliphatic carbocycles. The highest BCUT2D eigenvalue weighted by Gasteiger charge is 2.14. The first-order chi connectivity index (χ1) is 11.9. The number of hydrogen-bond acceptors (Lipinski definition) is 3. The summed E-state index contributed by atoms with van der Waals surface area (Å²) >= 11 is 0. The average Bonchev–Trinajstić information content (AvgIpc) is 3.25. The summed E-state index contributed by atoms with van der Waals surface area (Å²) in [6.45, 7) is 0. The van der Waals surface area contributed by atoms with Gasteiger partial charge in [-0.3, -0.25) is 0 Å². The highest BCUT2D eigenvalue weighted by molar-refractivity contribution is 7.79. The molecule has 0 saturated heterocycles. The molecule has 4 rings (SSSR count). The largest absolute Gasteiger partial charge is 0.246 e. The molecule has 0 atom stereocenters. The summed E-state index contributed by atoms with van der Waals surface area (Å²) in [5, 5.41) is 16.3. The summed E-state index contributed by atoms with van der Waals surface area (Å²) in [7, 11) is -0.446. The lowest BCUT2D eigenvalue weighted by molar-refractivity contribution is 0.881. The van der Waals surface area contributed by atoms with Gasteiger partial charge in [0, 0.05) is 0 Å². The van der Waals surface area contributed by atoms with Gasteiger partial charge in [-0.15, -0.1) is 5.10 Å². The van der Waals surface area contributed by atoms with Gasteiger partial charge in [0.05, 0.1) is 0 Å². The maximum Gasteiger partial charge on any atom is 0.135 e. The Morgan fingerprint density at radius 3 is 1.25 bits per heavy atom. The molecular weight excluding hydrogens is 315 g/mol. The number of aromatic amines is 1. The molecule has 0 fully saturated rings. The molecule has 0 aliphatic rings. The van der Waals surface area contributed by atoms with Gasteiger partial charge in [0.15, 0.2) is 0 Å². The quantitative estimate of drug-likeness (QED) is 0.587. The van der Waals surface area contributed by atoms with Gasteiger partial charge in [0.1, 0.15) is 6.33 Å². The summed E-state index contributed by atoms with van der Waals surface area (Å²) in [6, 6.07) is 32.3. The van der Waals surface area contributed by atoms with Crippen molar-refractivity contribution in [3.05, 3.63) is 97.3 Å². The van der Waals surface area contributed by atoms with E-state index in [0.717, 1.165) is 0 Å². The number of H-pyrrole nitrogens is 1. The van der Waals surface area contributed by atoms with Crippen LogP contribution < -0.4 is 15.9 Å². The molecular formula is C19H17N4P. The molecule has 0 unspecified atom stereocenters. The fraction of sp³-hybridized carbons (Fsp3) is 0. The fourth-order valence-electron chi connectivity index (χ4n) is 2.31. The normalized spacial score (nSPS) is 10.0. The highest BCUT2D eigenvalue weighted by atomic mass is 31.1. The van der Waals surface area contributed by atoms with Gasteiger partial charge < -0.3 is 0 Å². The molecule has 0 amide bonds. The lowest BCUT2D eigenvalue weighted by Crippen LogP contribution is -2.20. The van der Waals surface area contributed by atoms with Crippen LogP contribution in [-0.2, 0) is 0 Å². The Bertz CT molecular complexity index is 695. The first-order valence-corrected chi connectivity index (χ1v) is 8.91. The zero-order valence-corrected chi connectivity index (χ0v) is 13.9. The lowest BCUT2D eigenvalue weighted by Gasteiger charge is -2.18. The molecule has 3 aromatic carbocycles. The van der Waals surface area contributed by atoms with E-state index in [1.165, 1.54) is 22.2 Å². The molecule has 5 heteroatoms. The van der Waals surface area contributed by atoms with Gasteiger partial charge in [-0.05, 0) is 34.3 Å². The van der Waals surface area contributed by atoms with Crippen molar-refractivity contribution in [2.75, 3.05) is 0 Å². The van der Waals surface area contributed by atoms with Crippen LogP contribution in [0.2, 0.25) is 0 Å². The zero-order valence-electron chi connectivity index (χ0n) is 13.0. The predicted molar refractivity (Wildman–Crippen MR) is 99.3 cm³/mol. The Morgan fingerprint density at radius 1 is 0.583 bits per heavy atom. The summed E-state index contributed by atoms with van der Waals surface area (Å²) in [5.74, 6) is 0. The van der Waals surface area contributed by atoms with Gasteiger partial charge in [0.25, 0.3) is 0 Å². The van der Waals surface area contributed by atoms with Crippen molar-refractivity contribution in [3.8, 4) is 0 Å². The zero-order chi connectivity index (χ0) is 16.5. The number of nitrogens with zero attached hydrogens (tertiary/aromatic N) is 3. The highest BCUT2D eigenvalue weighted by Crippen LogP contribution is 2.32. The summed E-state index contributed by atoms with van der Waals surface area (Å²) in [4.78, 5) is 0. The number of aromatic nitrogens is 4. The SMILES string of the molecule is c1ccc(P(c2ccccc2)c2ccccc2)cc1.c1nnn[nH]1. The maximum atomic E-state index is 3.31. The van der Waals surface area contributed by atoms with Crippen LogP contribution in [0.5, 0.6) is 0 Å². The molecule has 118 valence electrons. The average molecular weight is 332 g/mol. The minimum Gasteiger partial charge on any atom is -0.246 e. The lowest BCUT2D eigenvalue weighted by atomic mass is 10.4. The summed E-state index contributed by atoms with van der Waals surface area (Å²) in [5.41, 5.74) is 0. The van der Waals surface area contributed by atoms with Gasteiger partial charge in [0.2, 0.25) is 0 Å². The third-order valence-electron chi connectivity index (χ3n) is 3.31. The minimum absolute atomic E-state index is 0.446. The second kappa shape index (κ2) is 8.70. The van der Waals surface area contributed by atoms with Crippen molar-refractivity contribution < 1.29 is 0 Å². The standard InChI is InChI=1S/C18H15P.CH2N4/c1-4-10-16(11-5-1)19(17-12-6-2-7-13-17)18-14-8-3-9-15-18;1-2-4-5-3-1/h1-15H;1H,(H,2,3,4,5). The first-order valence-electron chi connectivity index (χ1n) is 7.57. The van der Waals surface area contributed by atoms with E-state index in [-0.39, 0.29) is 0 Å². The number of nitrogens with one attached hydrogen (secondary N) is 1. The van der Waals surface area contributed by atoms with Crippen LogP contribution in [0, 0.1) is 0 Å². The molecule has 0 radical (unpaired) electrons. The number of hydrogen-bond donors (Lipinski definition) is 1. The van der Waals surface area contributed by atoms with E-state index in [4.69, 9.17) is 0 Å². The van der Waals surface area contributed by atoms with Crippen LogP contribution in [0.3, 0.4) is 0 Å². The van der Waals surface area contributed by atoms with E-state index >= 15 is 0 Å². The Labute approximate surface area is 142 Å². The maximum absolute atomic E-state index is 3.31. The third kappa shape index (κ3) is 4.34. The fourth-order valence-corrected chi connectivity index (χ4v) is 4.61. The van der Waals surface area contributed by atoms with Gasteiger partial charge in [-0.1, -0.05) is 91.0 Å². The van der Waals surface area contributed by atoms with Crippen LogP contribution in [0.15, 0.2) is 97.3 Å². The third-order valence-corrected chi connectivity index (χ3v) is 5.76. The summed E-state index contributed by atoms with van der Waals surface area (Å²) in [6.07, 6.45) is 1.40. The van der Waals surface area contributed by atoms with Crippen molar-refractivity contribution in [2.45, 2.75) is 0 Å². The Hall–Kier alpha value is -2.84. The van der Waals surface area contributed by atoms with Crippen molar-refractivity contribution in [1.82, 2.24) is 20.6 Å². The van der Waals surface area contributed by atoms with Gasteiger partial charge in [-0.25, -0.2) is 5.10 Å². The molecule has 0 spiro atoms. The van der Waals surface area contributed by atoms with Gasteiger partial charge >= 0.3 is 0 Å². The molecule has 1 heterocycles. The van der Waals surface area contributed by atoms with Crippen molar-refractivity contribution in [2.24, 2.45) is 0 Å². The molecule has 1 aromatic heterocycles. The number of rotatable bonds is 3. The van der Waals surface area contributed by atoms with E-state index in [2.05, 4.69) is 112 Å². The second-order valence-corrected chi connectivity index (χ2v) is 7.13. The molecule has 0 saturated carbocycles.